The number of benzene rings is 1. The summed E-state index contributed by atoms with van der Waals surface area (Å²) in [6, 6.07) is 4.59. The van der Waals surface area contributed by atoms with E-state index < -0.39 is 6.10 Å². The predicted octanol–water partition coefficient (Wildman–Crippen LogP) is 3.45. The number of aliphatic hydroxyl groups excluding tert-OH is 1. The molecule has 0 fully saturated rings. The van der Waals surface area contributed by atoms with Crippen molar-refractivity contribution in [2.24, 2.45) is 0 Å². The number of hydrogen-bond donors (Lipinski definition) is 2. The van der Waals surface area contributed by atoms with Gasteiger partial charge >= 0.3 is 0 Å². The van der Waals surface area contributed by atoms with Crippen molar-refractivity contribution in [3.8, 4) is 5.75 Å². The number of hydrogen-bond acceptors (Lipinski definition) is 4. The largest absolute Gasteiger partial charge is 0.490 e. The maximum Gasteiger partial charge on any atom is 0.125 e. The molecule has 0 aliphatic carbocycles. The van der Waals surface area contributed by atoms with Gasteiger partial charge in [0.2, 0.25) is 0 Å². The van der Waals surface area contributed by atoms with E-state index in [1.54, 1.807) is 0 Å². The minimum atomic E-state index is -0.496. The first-order chi connectivity index (χ1) is 11.9. The summed E-state index contributed by atoms with van der Waals surface area (Å²) in [6.07, 6.45) is 1.81. The van der Waals surface area contributed by atoms with Gasteiger partial charge in [-0.05, 0) is 76.9 Å². The molecule has 144 valence electrons. The Balaban J connectivity index is 2.29. The summed E-state index contributed by atoms with van der Waals surface area (Å²) in [6.45, 7) is 17.1. The zero-order valence-electron chi connectivity index (χ0n) is 17.1. The second-order valence-electron chi connectivity index (χ2n) is 7.10. The van der Waals surface area contributed by atoms with Crippen LogP contribution in [0.2, 0.25) is 0 Å². The molecule has 0 amide bonds. The summed E-state index contributed by atoms with van der Waals surface area (Å²) in [5, 5.41) is 13.6. The molecule has 0 saturated heterocycles. The number of ether oxygens (including phenoxy) is 1. The van der Waals surface area contributed by atoms with Gasteiger partial charge in [0, 0.05) is 12.6 Å². The van der Waals surface area contributed by atoms with Gasteiger partial charge in [-0.15, -0.1) is 0 Å². The summed E-state index contributed by atoms with van der Waals surface area (Å²) < 4.78 is 5.89. The molecule has 1 aromatic carbocycles. The minimum Gasteiger partial charge on any atom is -0.490 e. The lowest BCUT2D eigenvalue weighted by atomic mass is 10.1. The van der Waals surface area contributed by atoms with Crippen LogP contribution in [0.15, 0.2) is 12.1 Å². The third kappa shape index (κ3) is 7.76. The monoisotopic (exact) mass is 350 g/mol. The topological polar surface area (TPSA) is 44.7 Å². The average molecular weight is 351 g/mol. The molecule has 4 heteroatoms. The molecule has 2 N–H and O–H groups in total. The van der Waals surface area contributed by atoms with Gasteiger partial charge in [-0.25, -0.2) is 0 Å². The molecule has 0 saturated carbocycles. The number of aliphatic hydroxyl groups is 1. The summed E-state index contributed by atoms with van der Waals surface area (Å²) in [7, 11) is 0. The zero-order valence-corrected chi connectivity index (χ0v) is 17.1. The van der Waals surface area contributed by atoms with Crippen LogP contribution in [0.3, 0.4) is 0 Å². The van der Waals surface area contributed by atoms with Crippen molar-refractivity contribution >= 4 is 0 Å². The van der Waals surface area contributed by atoms with Crippen LogP contribution in [0.25, 0.3) is 0 Å². The van der Waals surface area contributed by atoms with E-state index in [-0.39, 0.29) is 0 Å². The van der Waals surface area contributed by atoms with Gasteiger partial charge < -0.3 is 20.1 Å². The lowest BCUT2D eigenvalue weighted by Crippen LogP contribution is -2.37. The molecule has 0 bridgehead atoms. The minimum absolute atomic E-state index is 0.324. The Morgan fingerprint density at radius 3 is 2.40 bits per heavy atom. The average Bonchev–Trinajstić information content (AvgIpc) is 2.60. The van der Waals surface area contributed by atoms with E-state index in [2.05, 4.69) is 57.0 Å². The number of nitrogens with one attached hydrogen (secondary N) is 1. The maximum atomic E-state index is 10.2. The molecular formula is C21H38N2O2. The van der Waals surface area contributed by atoms with E-state index in [0.29, 0.717) is 19.2 Å². The molecule has 0 spiro atoms. The van der Waals surface area contributed by atoms with Crippen LogP contribution in [-0.4, -0.2) is 54.9 Å². The Bertz CT molecular complexity index is 501. The third-order valence-electron chi connectivity index (χ3n) is 5.00. The fourth-order valence-electron chi connectivity index (χ4n) is 2.99. The lowest BCUT2D eigenvalue weighted by molar-refractivity contribution is 0.103. The van der Waals surface area contributed by atoms with Crippen LogP contribution in [0.1, 0.15) is 50.3 Å². The van der Waals surface area contributed by atoms with Gasteiger partial charge in [0.25, 0.3) is 0 Å². The lowest BCUT2D eigenvalue weighted by Gasteiger charge is -2.21. The van der Waals surface area contributed by atoms with Gasteiger partial charge in [0.05, 0.1) is 0 Å². The van der Waals surface area contributed by atoms with E-state index in [0.717, 1.165) is 42.9 Å². The maximum absolute atomic E-state index is 10.2. The van der Waals surface area contributed by atoms with Crippen molar-refractivity contribution in [2.45, 2.75) is 66.5 Å². The van der Waals surface area contributed by atoms with E-state index in [4.69, 9.17) is 4.74 Å². The van der Waals surface area contributed by atoms with E-state index in [1.807, 2.05) is 6.92 Å². The molecule has 2 atom stereocenters. The molecule has 0 unspecified atom stereocenters. The van der Waals surface area contributed by atoms with Crippen LogP contribution < -0.4 is 10.1 Å². The molecule has 1 rings (SSSR count). The Labute approximate surface area is 154 Å². The summed E-state index contributed by atoms with van der Waals surface area (Å²) >= 11 is 0. The van der Waals surface area contributed by atoms with Crippen molar-refractivity contribution in [3.63, 3.8) is 0 Å². The van der Waals surface area contributed by atoms with Crippen molar-refractivity contribution in [1.29, 1.82) is 0 Å². The summed E-state index contributed by atoms with van der Waals surface area (Å²) in [4.78, 5) is 2.45. The van der Waals surface area contributed by atoms with Gasteiger partial charge in [-0.1, -0.05) is 26.0 Å². The molecule has 25 heavy (non-hydrogen) atoms. The van der Waals surface area contributed by atoms with Gasteiger partial charge in [0.1, 0.15) is 18.5 Å². The fourth-order valence-corrected chi connectivity index (χ4v) is 2.99. The summed E-state index contributed by atoms with van der Waals surface area (Å²) in [5.41, 5.74) is 3.49. The Hall–Kier alpha value is -1.10. The standard InChI is InChI=1S/C21H38N2O2/c1-7-23(8-2)13-9-10-18(5)22-14-20(24)15-25-21-17(4)12-11-16(3)19(21)6/h11-12,18,20,22,24H,7-10,13-15H2,1-6H3/t18-,20+/m0/s1. The molecule has 1 aromatic rings. The normalized spacial score (nSPS) is 13.9. The Kier molecular flexibility index (Phi) is 10.1. The second kappa shape index (κ2) is 11.5. The molecule has 0 aliphatic heterocycles. The first-order valence-corrected chi connectivity index (χ1v) is 9.72. The SMILES string of the molecule is CCN(CC)CCC[C@H](C)NC[C@@H](O)COc1c(C)ccc(C)c1C. The highest BCUT2D eigenvalue weighted by Crippen LogP contribution is 2.25. The second-order valence-corrected chi connectivity index (χ2v) is 7.10. The third-order valence-corrected chi connectivity index (χ3v) is 5.00. The van der Waals surface area contributed by atoms with Crippen molar-refractivity contribution in [1.82, 2.24) is 10.2 Å². The summed E-state index contributed by atoms with van der Waals surface area (Å²) in [5.74, 6) is 0.909. The Morgan fingerprint density at radius 2 is 1.76 bits per heavy atom. The smallest absolute Gasteiger partial charge is 0.125 e. The highest BCUT2D eigenvalue weighted by Gasteiger charge is 2.11. The Morgan fingerprint density at radius 1 is 1.12 bits per heavy atom. The van der Waals surface area contributed by atoms with Crippen molar-refractivity contribution < 1.29 is 9.84 Å². The van der Waals surface area contributed by atoms with Crippen LogP contribution in [-0.2, 0) is 0 Å². The molecule has 0 heterocycles. The van der Waals surface area contributed by atoms with Crippen molar-refractivity contribution in [2.75, 3.05) is 32.8 Å². The number of nitrogens with zero attached hydrogens (tertiary/aromatic N) is 1. The van der Waals surface area contributed by atoms with Crippen molar-refractivity contribution in [3.05, 3.63) is 28.8 Å². The van der Waals surface area contributed by atoms with E-state index >= 15 is 0 Å². The van der Waals surface area contributed by atoms with Gasteiger partial charge in [0.15, 0.2) is 0 Å². The van der Waals surface area contributed by atoms with Crippen LogP contribution in [0.4, 0.5) is 0 Å². The van der Waals surface area contributed by atoms with E-state index in [1.165, 1.54) is 12.0 Å². The van der Waals surface area contributed by atoms with Crippen LogP contribution >= 0.6 is 0 Å². The first kappa shape index (κ1) is 21.9. The number of rotatable bonds is 12. The van der Waals surface area contributed by atoms with Gasteiger partial charge in [-0.2, -0.15) is 0 Å². The van der Waals surface area contributed by atoms with Gasteiger partial charge in [-0.3, -0.25) is 0 Å². The number of aryl methyl sites for hydroxylation is 2. The highest BCUT2D eigenvalue weighted by atomic mass is 16.5. The quantitative estimate of drug-likeness (QED) is 0.606. The molecule has 4 nitrogen and oxygen atoms in total. The van der Waals surface area contributed by atoms with Crippen LogP contribution in [0, 0.1) is 20.8 Å². The predicted molar refractivity (Wildman–Crippen MR) is 107 cm³/mol. The zero-order chi connectivity index (χ0) is 18.8. The molecule has 0 aliphatic rings. The molecular weight excluding hydrogens is 312 g/mol. The molecule has 0 aromatic heterocycles. The highest BCUT2D eigenvalue weighted by molar-refractivity contribution is 5.44. The molecule has 0 radical (unpaired) electrons. The fraction of sp³-hybridized carbons (Fsp3) is 0.714. The first-order valence-electron chi connectivity index (χ1n) is 9.72. The van der Waals surface area contributed by atoms with E-state index in [9.17, 15) is 5.11 Å². The van der Waals surface area contributed by atoms with Crippen LogP contribution in [0.5, 0.6) is 5.75 Å².